The lowest BCUT2D eigenvalue weighted by molar-refractivity contribution is 0.417. The standard InChI is InChI=1S/C11H24Si/c1-8-11(12(5,6)7)10(4)9(2)3/h8-11H,1H2,2-7H3. The molecular weight excluding hydrogens is 160 g/mol. The second-order valence-electron chi connectivity index (χ2n) is 5.23. The Morgan fingerprint density at radius 2 is 1.50 bits per heavy atom. The summed E-state index contributed by atoms with van der Waals surface area (Å²) in [4.78, 5) is 0. The van der Waals surface area contributed by atoms with Gasteiger partial charge in [0.05, 0.1) is 8.07 Å². The fraction of sp³-hybridized carbons (Fsp3) is 0.818. The Labute approximate surface area is 79.1 Å². The summed E-state index contributed by atoms with van der Waals surface area (Å²) in [7, 11) is -1.03. The Bertz CT molecular complexity index is 142. The lowest BCUT2D eigenvalue weighted by atomic mass is 9.94. The van der Waals surface area contributed by atoms with E-state index >= 15 is 0 Å². The van der Waals surface area contributed by atoms with Gasteiger partial charge in [-0.1, -0.05) is 46.5 Å². The van der Waals surface area contributed by atoms with E-state index in [9.17, 15) is 0 Å². The number of allylic oxidation sites excluding steroid dienone is 1. The zero-order valence-corrected chi connectivity index (χ0v) is 10.5. The van der Waals surface area contributed by atoms with Gasteiger partial charge in [-0.15, -0.1) is 6.58 Å². The van der Waals surface area contributed by atoms with Gasteiger partial charge in [0, 0.05) is 0 Å². The van der Waals surface area contributed by atoms with E-state index < -0.39 is 8.07 Å². The van der Waals surface area contributed by atoms with Crippen LogP contribution in [-0.2, 0) is 0 Å². The maximum Gasteiger partial charge on any atom is 0.0517 e. The van der Waals surface area contributed by atoms with Crippen molar-refractivity contribution in [2.75, 3.05) is 0 Å². The molecule has 0 spiro atoms. The molecule has 0 aliphatic heterocycles. The zero-order valence-electron chi connectivity index (χ0n) is 9.52. The first-order valence-corrected chi connectivity index (χ1v) is 8.51. The predicted octanol–water partition coefficient (Wildman–Crippen LogP) is 4.17. The van der Waals surface area contributed by atoms with Crippen molar-refractivity contribution >= 4 is 8.07 Å². The third-order valence-corrected chi connectivity index (χ3v) is 5.63. The topological polar surface area (TPSA) is 0 Å². The van der Waals surface area contributed by atoms with Crippen LogP contribution in [0.15, 0.2) is 12.7 Å². The van der Waals surface area contributed by atoms with Crippen molar-refractivity contribution in [2.45, 2.75) is 46.0 Å². The molecule has 0 nitrogen and oxygen atoms in total. The van der Waals surface area contributed by atoms with Gasteiger partial charge in [0.1, 0.15) is 0 Å². The summed E-state index contributed by atoms with van der Waals surface area (Å²) < 4.78 is 0. The Balaban J connectivity index is 4.45. The van der Waals surface area contributed by atoms with Gasteiger partial charge in [-0.2, -0.15) is 0 Å². The predicted molar refractivity (Wildman–Crippen MR) is 61.3 cm³/mol. The number of hydrogen-bond acceptors (Lipinski definition) is 0. The first-order valence-electron chi connectivity index (χ1n) is 4.93. The van der Waals surface area contributed by atoms with Crippen LogP contribution in [0.5, 0.6) is 0 Å². The van der Waals surface area contributed by atoms with Crippen LogP contribution in [0.1, 0.15) is 20.8 Å². The highest BCUT2D eigenvalue weighted by molar-refractivity contribution is 6.78. The zero-order chi connectivity index (χ0) is 9.94. The van der Waals surface area contributed by atoms with Crippen LogP contribution in [-0.4, -0.2) is 8.07 Å². The summed E-state index contributed by atoms with van der Waals surface area (Å²) in [5.74, 6) is 1.56. The molecule has 0 aromatic heterocycles. The summed E-state index contributed by atoms with van der Waals surface area (Å²) in [6.07, 6.45) is 2.18. The van der Waals surface area contributed by atoms with E-state index in [0.717, 1.165) is 17.4 Å². The van der Waals surface area contributed by atoms with Gasteiger partial charge < -0.3 is 0 Å². The molecule has 2 unspecified atom stereocenters. The average molecular weight is 184 g/mol. The maximum absolute atomic E-state index is 3.97. The normalized spacial score (nSPS) is 17.6. The molecule has 0 aliphatic carbocycles. The molecule has 2 atom stereocenters. The lowest BCUT2D eigenvalue weighted by Crippen LogP contribution is -2.32. The van der Waals surface area contributed by atoms with E-state index in [4.69, 9.17) is 0 Å². The average Bonchev–Trinajstić information content (AvgIpc) is 1.85. The van der Waals surface area contributed by atoms with Gasteiger partial charge in [-0.05, 0) is 17.4 Å². The van der Waals surface area contributed by atoms with Crippen molar-refractivity contribution < 1.29 is 0 Å². The Morgan fingerprint density at radius 3 is 1.58 bits per heavy atom. The van der Waals surface area contributed by atoms with Crippen molar-refractivity contribution in [3.8, 4) is 0 Å². The molecule has 0 aliphatic rings. The van der Waals surface area contributed by atoms with E-state index in [2.05, 4.69) is 53.1 Å². The van der Waals surface area contributed by atoms with Crippen LogP contribution in [0.2, 0.25) is 25.2 Å². The highest BCUT2D eigenvalue weighted by Crippen LogP contribution is 2.34. The number of hydrogen-bond donors (Lipinski definition) is 0. The summed E-state index contributed by atoms with van der Waals surface area (Å²) in [5.41, 5.74) is 0.762. The van der Waals surface area contributed by atoms with Crippen molar-refractivity contribution in [1.82, 2.24) is 0 Å². The van der Waals surface area contributed by atoms with Gasteiger partial charge in [0.15, 0.2) is 0 Å². The van der Waals surface area contributed by atoms with Crippen LogP contribution in [0.25, 0.3) is 0 Å². The van der Waals surface area contributed by atoms with Gasteiger partial charge in [-0.25, -0.2) is 0 Å². The Morgan fingerprint density at radius 1 is 1.08 bits per heavy atom. The second kappa shape index (κ2) is 4.27. The van der Waals surface area contributed by atoms with Crippen LogP contribution in [0.3, 0.4) is 0 Å². The molecule has 0 N–H and O–H groups in total. The van der Waals surface area contributed by atoms with Crippen molar-refractivity contribution in [3.05, 3.63) is 12.7 Å². The third kappa shape index (κ3) is 3.14. The fourth-order valence-electron chi connectivity index (χ4n) is 1.77. The molecule has 0 amide bonds. The molecular formula is C11H24Si. The summed E-state index contributed by atoms with van der Waals surface area (Å²) in [6, 6.07) is 0. The second-order valence-corrected chi connectivity index (χ2v) is 10.6. The van der Waals surface area contributed by atoms with E-state index in [1.165, 1.54) is 0 Å². The molecule has 0 radical (unpaired) electrons. The van der Waals surface area contributed by atoms with Crippen LogP contribution >= 0.6 is 0 Å². The van der Waals surface area contributed by atoms with E-state index in [-0.39, 0.29) is 0 Å². The summed E-state index contributed by atoms with van der Waals surface area (Å²) >= 11 is 0. The first kappa shape index (κ1) is 12.0. The van der Waals surface area contributed by atoms with Gasteiger partial charge in [0.25, 0.3) is 0 Å². The van der Waals surface area contributed by atoms with Gasteiger partial charge >= 0.3 is 0 Å². The monoisotopic (exact) mass is 184 g/mol. The summed E-state index contributed by atoms with van der Waals surface area (Å²) in [6.45, 7) is 18.2. The highest BCUT2D eigenvalue weighted by atomic mass is 28.3. The van der Waals surface area contributed by atoms with E-state index in [0.29, 0.717) is 0 Å². The lowest BCUT2D eigenvalue weighted by Gasteiger charge is -2.33. The molecule has 0 saturated carbocycles. The van der Waals surface area contributed by atoms with E-state index in [1.54, 1.807) is 0 Å². The Kier molecular flexibility index (Phi) is 4.25. The number of rotatable bonds is 4. The molecule has 0 fully saturated rings. The first-order chi connectivity index (χ1) is 5.30. The fourth-order valence-corrected chi connectivity index (χ4v) is 4.44. The summed E-state index contributed by atoms with van der Waals surface area (Å²) in [5, 5.41) is 0. The minimum Gasteiger partial charge on any atom is -0.103 e. The maximum atomic E-state index is 3.97. The van der Waals surface area contributed by atoms with Gasteiger partial charge in [-0.3, -0.25) is 0 Å². The van der Waals surface area contributed by atoms with Crippen molar-refractivity contribution in [2.24, 2.45) is 11.8 Å². The molecule has 0 aromatic carbocycles. The molecule has 0 aromatic rings. The minimum atomic E-state index is -1.03. The largest absolute Gasteiger partial charge is 0.103 e. The van der Waals surface area contributed by atoms with Crippen molar-refractivity contribution in [1.29, 1.82) is 0 Å². The molecule has 0 saturated heterocycles. The van der Waals surface area contributed by atoms with Crippen LogP contribution in [0.4, 0.5) is 0 Å². The third-order valence-electron chi connectivity index (χ3n) is 2.87. The Hall–Kier alpha value is -0.0431. The molecule has 1 heteroatoms. The SMILES string of the molecule is C=CC(C(C)C(C)C)[Si](C)(C)C. The smallest absolute Gasteiger partial charge is 0.0517 e. The van der Waals surface area contributed by atoms with Crippen LogP contribution < -0.4 is 0 Å². The molecule has 0 bridgehead atoms. The minimum absolute atomic E-state index is 0.762. The van der Waals surface area contributed by atoms with Crippen LogP contribution in [0, 0.1) is 11.8 Å². The highest BCUT2D eigenvalue weighted by Gasteiger charge is 2.29. The molecule has 0 rings (SSSR count). The van der Waals surface area contributed by atoms with E-state index in [1.807, 2.05) is 0 Å². The molecule has 12 heavy (non-hydrogen) atoms. The van der Waals surface area contributed by atoms with Gasteiger partial charge in [0.2, 0.25) is 0 Å². The quantitative estimate of drug-likeness (QED) is 0.454. The van der Waals surface area contributed by atoms with Crippen molar-refractivity contribution in [3.63, 3.8) is 0 Å². The molecule has 72 valence electrons. The molecule has 0 heterocycles.